The van der Waals surface area contributed by atoms with Crippen LogP contribution in [0.3, 0.4) is 0 Å². The van der Waals surface area contributed by atoms with Crippen LogP contribution in [0.1, 0.15) is 5.56 Å². The molecule has 1 aromatic carbocycles. The first-order chi connectivity index (χ1) is 6.68. The van der Waals surface area contributed by atoms with Crippen LogP contribution in [0.5, 0.6) is 0 Å². The van der Waals surface area contributed by atoms with Gasteiger partial charge < -0.3 is 0 Å². The van der Waals surface area contributed by atoms with Crippen LogP contribution in [0, 0.1) is 0 Å². The fraction of sp³-hybridized carbons (Fsp3) is 0.400. The molecule has 0 aromatic heterocycles. The van der Waals surface area contributed by atoms with Crippen LogP contribution in [0.15, 0.2) is 24.3 Å². The third-order valence-electron chi connectivity index (χ3n) is 2.51. The second-order valence-corrected chi connectivity index (χ2v) is 12.5. The number of rotatable bonds is 4. The minimum atomic E-state index is -2.99. The molecule has 0 atom stereocenters. The van der Waals surface area contributed by atoms with Crippen LogP contribution in [0.25, 0.3) is 0 Å². The van der Waals surface area contributed by atoms with Crippen LogP contribution in [0.4, 0.5) is 0 Å². The van der Waals surface area contributed by atoms with Crippen molar-refractivity contribution in [2.75, 3.05) is 14.2 Å². The molecule has 78 valence electrons. The van der Waals surface area contributed by atoms with E-state index in [-0.39, 0.29) is 0 Å². The van der Waals surface area contributed by atoms with Gasteiger partial charge in [0.15, 0.2) is 0 Å². The maximum absolute atomic E-state index is 5.68. The van der Waals surface area contributed by atoms with Gasteiger partial charge in [-0.15, -0.1) is 0 Å². The number of benzene rings is 1. The minimum absolute atomic E-state index is 0.537. The summed E-state index contributed by atoms with van der Waals surface area (Å²) in [5, 5.41) is 0. The topological polar surface area (TPSA) is 44.5 Å². The summed E-state index contributed by atoms with van der Waals surface area (Å²) in [4.78, 5) is 2.09. The fourth-order valence-electron chi connectivity index (χ4n) is 1.44. The van der Waals surface area contributed by atoms with Gasteiger partial charge in [-0.05, 0) is 0 Å². The molecule has 4 heteroatoms. The number of hydrogen-bond donors (Lipinski definition) is 1. The fourth-order valence-corrected chi connectivity index (χ4v) is 6.51. The molecule has 0 spiro atoms. The third kappa shape index (κ3) is 2.28. The summed E-state index contributed by atoms with van der Waals surface area (Å²) in [6, 6.07) is 8.08. The average molecular weight is 302 g/mol. The maximum atomic E-state index is 5.68. The van der Waals surface area contributed by atoms with Crippen molar-refractivity contribution in [3.63, 3.8) is 0 Å². The van der Waals surface area contributed by atoms with Crippen LogP contribution in [-0.2, 0) is 12.7 Å². The Morgan fingerprint density at radius 3 is 2.29 bits per heavy atom. The van der Waals surface area contributed by atoms with E-state index in [9.17, 15) is 0 Å². The van der Waals surface area contributed by atoms with E-state index in [4.69, 9.17) is 11.9 Å². The standard InChI is InChI=1S/C7H8N.2CH3O.CH3.Sn/c8-6-7-4-2-1-3-5-7;2*1-2;;/h1-4H,6,8H2;2*1H3;1H3;/q;2*-1;;+2. The van der Waals surface area contributed by atoms with Crippen molar-refractivity contribution >= 4 is 22.8 Å². The summed E-state index contributed by atoms with van der Waals surface area (Å²) < 4.78 is 12.3. The van der Waals surface area contributed by atoms with Gasteiger partial charge in [0.2, 0.25) is 0 Å². The molecule has 0 bridgehead atoms. The summed E-state index contributed by atoms with van der Waals surface area (Å²) in [7, 11) is 3.43. The molecule has 0 saturated carbocycles. The van der Waals surface area contributed by atoms with Crippen LogP contribution >= 0.6 is 0 Å². The molecule has 0 radical (unpaired) electrons. The summed E-state index contributed by atoms with van der Waals surface area (Å²) in [5.74, 6) is 0. The molecule has 0 aliphatic rings. The zero-order chi connectivity index (χ0) is 10.6. The Balaban J connectivity index is 3.15. The molecule has 2 N–H and O–H groups in total. The van der Waals surface area contributed by atoms with Gasteiger partial charge in [0.05, 0.1) is 0 Å². The predicted molar refractivity (Wildman–Crippen MR) is 59.6 cm³/mol. The monoisotopic (exact) mass is 303 g/mol. The van der Waals surface area contributed by atoms with Crippen LogP contribution in [0.2, 0.25) is 4.94 Å². The Labute approximate surface area is 90.2 Å². The molecule has 3 nitrogen and oxygen atoms in total. The Hall–Kier alpha value is -0.101. The van der Waals surface area contributed by atoms with Gasteiger partial charge in [-0.1, -0.05) is 0 Å². The summed E-state index contributed by atoms with van der Waals surface area (Å²) in [6.07, 6.45) is 0. The Kier molecular flexibility index (Phi) is 4.37. The normalized spacial score (nSPS) is 11.7. The second-order valence-electron chi connectivity index (χ2n) is 3.22. The average Bonchev–Trinajstić information content (AvgIpc) is 2.28. The molecule has 0 fully saturated rings. The Morgan fingerprint density at radius 2 is 1.79 bits per heavy atom. The van der Waals surface area contributed by atoms with Gasteiger partial charge in [-0.25, -0.2) is 0 Å². The summed E-state index contributed by atoms with van der Waals surface area (Å²) >= 11 is -2.99. The van der Waals surface area contributed by atoms with Crippen molar-refractivity contribution in [2.24, 2.45) is 5.73 Å². The molecule has 0 heterocycles. The zero-order valence-corrected chi connectivity index (χ0v) is 11.8. The molecule has 14 heavy (non-hydrogen) atoms. The van der Waals surface area contributed by atoms with E-state index in [1.165, 1.54) is 3.58 Å². The molecule has 1 aromatic rings. The van der Waals surface area contributed by atoms with Gasteiger partial charge in [0, 0.05) is 0 Å². The molecular formula is C10H17NO2Sn. The summed E-state index contributed by atoms with van der Waals surface area (Å²) in [6.45, 7) is 0.537. The van der Waals surface area contributed by atoms with Gasteiger partial charge in [-0.2, -0.15) is 0 Å². The van der Waals surface area contributed by atoms with E-state index >= 15 is 0 Å². The molecular weight excluding hydrogens is 285 g/mol. The molecule has 0 saturated heterocycles. The van der Waals surface area contributed by atoms with E-state index in [2.05, 4.69) is 11.0 Å². The van der Waals surface area contributed by atoms with Crippen molar-refractivity contribution in [3.8, 4) is 0 Å². The van der Waals surface area contributed by atoms with E-state index in [1.807, 2.05) is 18.2 Å². The van der Waals surface area contributed by atoms with Crippen LogP contribution in [-0.4, -0.2) is 33.4 Å². The second kappa shape index (κ2) is 5.11. The third-order valence-corrected chi connectivity index (χ3v) is 11.1. The van der Waals surface area contributed by atoms with Crippen molar-refractivity contribution < 1.29 is 6.15 Å². The van der Waals surface area contributed by atoms with Gasteiger partial charge >= 0.3 is 90.2 Å². The van der Waals surface area contributed by atoms with Crippen molar-refractivity contribution in [3.05, 3.63) is 29.8 Å². The van der Waals surface area contributed by atoms with E-state index in [1.54, 1.807) is 14.2 Å². The van der Waals surface area contributed by atoms with E-state index in [0.29, 0.717) is 6.54 Å². The molecule has 0 aliphatic heterocycles. The van der Waals surface area contributed by atoms with E-state index in [0.717, 1.165) is 5.56 Å². The van der Waals surface area contributed by atoms with E-state index < -0.39 is 19.2 Å². The van der Waals surface area contributed by atoms with Crippen molar-refractivity contribution in [1.29, 1.82) is 0 Å². The first-order valence-corrected chi connectivity index (χ1v) is 11.2. The SMILES string of the molecule is C[O][Sn]([CH3])([O]C)[c]1ccccc1CN. The number of nitrogens with two attached hydrogens (primary N) is 1. The molecule has 0 amide bonds. The van der Waals surface area contributed by atoms with Gasteiger partial charge in [0.25, 0.3) is 0 Å². The number of hydrogen-bond acceptors (Lipinski definition) is 3. The van der Waals surface area contributed by atoms with Crippen molar-refractivity contribution in [1.82, 2.24) is 0 Å². The molecule has 0 aliphatic carbocycles. The first kappa shape index (κ1) is 12.0. The quantitative estimate of drug-likeness (QED) is 0.834. The van der Waals surface area contributed by atoms with Crippen LogP contribution < -0.4 is 9.31 Å². The predicted octanol–water partition coefficient (Wildman–Crippen LogP) is 0.717. The van der Waals surface area contributed by atoms with Crippen molar-refractivity contribution in [2.45, 2.75) is 11.5 Å². The van der Waals surface area contributed by atoms with Gasteiger partial charge in [-0.3, -0.25) is 0 Å². The molecule has 0 unspecified atom stereocenters. The Morgan fingerprint density at radius 1 is 1.21 bits per heavy atom. The molecule has 1 rings (SSSR count). The Bertz CT molecular complexity index is 300. The zero-order valence-electron chi connectivity index (χ0n) is 8.91. The first-order valence-electron chi connectivity index (χ1n) is 4.56. The van der Waals surface area contributed by atoms with Gasteiger partial charge in [0.1, 0.15) is 0 Å². The summed E-state index contributed by atoms with van der Waals surface area (Å²) in [5.41, 5.74) is 6.81.